The molecule has 0 aliphatic carbocycles. The molecule has 1 rings (SSSR count). The Labute approximate surface area is 94.7 Å². The average Bonchev–Trinajstić information content (AvgIpc) is 2.16. The number of rotatable bonds is 4. The van der Waals surface area contributed by atoms with Crippen LogP contribution in [0.1, 0.15) is 25.3 Å². The van der Waals surface area contributed by atoms with E-state index in [9.17, 15) is 5.11 Å². The van der Waals surface area contributed by atoms with Crippen LogP contribution in [-0.4, -0.2) is 11.2 Å². The van der Waals surface area contributed by atoms with Gasteiger partial charge in [0.15, 0.2) is 0 Å². The lowest BCUT2D eigenvalue weighted by atomic mass is 10.1. The van der Waals surface area contributed by atoms with Crippen molar-refractivity contribution in [2.24, 2.45) is 0 Å². The Bertz CT molecular complexity index is 279. The number of halogens is 2. The standard InChI is InChI=1S/C11H14Cl2O/c1-2-8(14)6-7-9-10(12)4-3-5-11(9)13/h3-5,8,14H,2,6-7H2,1H3. The van der Waals surface area contributed by atoms with Gasteiger partial charge < -0.3 is 5.11 Å². The van der Waals surface area contributed by atoms with E-state index >= 15 is 0 Å². The molecule has 1 nitrogen and oxygen atoms in total. The first-order valence-electron chi connectivity index (χ1n) is 4.76. The van der Waals surface area contributed by atoms with Crippen LogP contribution in [-0.2, 0) is 6.42 Å². The van der Waals surface area contributed by atoms with Crippen molar-refractivity contribution in [3.63, 3.8) is 0 Å². The topological polar surface area (TPSA) is 20.2 Å². The van der Waals surface area contributed by atoms with E-state index in [0.29, 0.717) is 16.5 Å². The van der Waals surface area contributed by atoms with Gasteiger partial charge in [-0.25, -0.2) is 0 Å². The fourth-order valence-electron chi connectivity index (χ4n) is 1.29. The van der Waals surface area contributed by atoms with Crippen LogP contribution in [0.3, 0.4) is 0 Å². The zero-order valence-electron chi connectivity index (χ0n) is 8.13. The molecule has 0 saturated heterocycles. The molecule has 0 bridgehead atoms. The number of hydrogen-bond donors (Lipinski definition) is 1. The fourth-order valence-corrected chi connectivity index (χ4v) is 1.87. The van der Waals surface area contributed by atoms with Crippen molar-refractivity contribution < 1.29 is 5.11 Å². The first-order valence-corrected chi connectivity index (χ1v) is 5.51. The summed E-state index contributed by atoms with van der Waals surface area (Å²) in [6, 6.07) is 5.46. The second-order valence-corrected chi connectivity index (χ2v) is 4.12. The van der Waals surface area contributed by atoms with Crippen LogP contribution in [0.15, 0.2) is 18.2 Å². The van der Waals surface area contributed by atoms with Crippen molar-refractivity contribution in [2.75, 3.05) is 0 Å². The van der Waals surface area contributed by atoms with Crippen molar-refractivity contribution >= 4 is 23.2 Å². The summed E-state index contributed by atoms with van der Waals surface area (Å²) in [5, 5.41) is 10.8. The maximum absolute atomic E-state index is 9.41. The van der Waals surface area contributed by atoms with Gasteiger partial charge in [0.2, 0.25) is 0 Å². The molecular formula is C11H14Cl2O. The molecule has 1 aromatic rings. The third-order valence-corrected chi connectivity index (χ3v) is 2.97. The number of benzene rings is 1. The Balaban J connectivity index is 2.66. The molecule has 78 valence electrons. The molecule has 0 saturated carbocycles. The maximum atomic E-state index is 9.41. The third kappa shape index (κ3) is 3.16. The molecule has 0 fully saturated rings. The largest absolute Gasteiger partial charge is 0.393 e. The molecule has 1 aromatic carbocycles. The Hall–Kier alpha value is -0.240. The highest BCUT2D eigenvalue weighted by atomic mass is 35.5. The van der Waals surface area contributed by atoms with Crippen molar-refractivity contribution in [3.05, 3.63) is 33.8 Å². The quantitative estimate of drug-likeness (QED) is 0.840. The number of aliphatic hydroxyl groups excluding tert-OH is 1. The molecular weight excluding hydrogens is 219 g/mol. The van der Waals surface area contributed by atoms with Gasteiger partial charge in [-0.05, 0) is 37.0 Å². The minimum atomic E-state index is -0.262. The van der Waals surface area contributed by atoms with Gasteiger partial charge in [0.25, 0.3) is 0 Å². The van der Waals surface area contributed by atoms with Crippen LogP contribution in [0.5, 0.6) is 0 Å². The van der Waals surface area contributed by atoms with E-state index < -0.39 is 0 Å². The predicted octanol–water partition coefficient (Wildman–Crippen LogP) is 3.70. The molecule has 14 heavy (non-hydrogen) atoms. The minimum absolute atomic E-state index is 0.262. The summed E-state index contributed by atoms with van der Waals surface area (Å²) in [7, 11) is 0. The minimum Gasteiger partial charge on any atom is -0.393 e. The van der Waals surface area contributed by atoms with Gasteiger partial charge in [0.1, 0.15) is 0 Å². The molecule has 0 aromatic heterocycles. The lowest BCUT2D eigenvalue weighted by Gasteiger charge is -2.09. The second-order valence-electron chi connectivity index (χ2n) is 3.30. The molecule has 0 spiro atoms. The monoisotopic (exact) mass is 232 g/mol. The van der Waals surface area contributed by atoms with Crippen LogP contribution in [0.2, 0.25) is 10.0 Å². The Kier molecular flexibility index (Phi) is 4.73. The van der Waals surface area contributed by atoms with Gasteiger partial charge in [-0.3, -0.25) is 0 Å². The Morgan fingerprint density at radius 2 is 1.86 bits per heavy atom. The van der Waals surface area contributed by atoms with Crippen molar-refractivity contribution in [2.45, 2.75) is 32.3 Å². The first-order chi connectivity index (χ1) is 6.65. The zero-order valence-corrected chi connectivity index (χ0v) is 9.65. The molecule has 1 atom stereocenters. The smallest absolute Gasteiger partial charge is 0.0540 e. The molecule has 0 radical (unpaired) electrons. The third-order valence-electron chi connectivity index (χ3n) is 2.26. The van der Waals surface area contributed by atoms with Crippen LogP contribution in [0.4, 0.5) is 0 Å². The molecule has 0 aliphatic heterocycles. The second kappa shape index (κ2) is 5.59. The normalized spacial score (nSPS) is 12.9. The van der Waals surface area contributed by atoms with Gasteiger partial charge in [0, 0.05) is 10.0 Å². The highest BCUT2D eigenvalue weighted by molar-refractivity contribution is 6.35. The average molecular weight is 233 g/mol. The molecule has 0 amide bonds. The van der Waals surface area contributed by atoms with Gasteiger partial charge >= 0.3 is 0 Å². The molecule has 0 aliphatic rings. The van der Waals surface area contributed by atoms with E-state index in [1.165, 1.54) is 0 Å². The summed E-state index contributed by atoms with van der Waals surface area (Å²) in [4.78, 5) is 0. The number of aliphatic hydroxyl groups is 1. The lowest BCUT2D eigenvalue weighted by Crippen LogP contribution is -2.06. The SMILES string of the molecule is CCC(O)CCc1c(Cl)cccc1Cl. The van der Waals surface area contributed by atoms with Crippen LogP contribution >= 0.6 is 23.2 Å². The summed E-state index contributed by atoms with van der Waals surface area (Å²) < 4.78 is 0. The van der Waals surface area contributed by atoms with E-state index in [0.717, 1.165) is 18.4 Å². The Morgan fingerprint density at radius 1 is 1.29 bits per heavy atom. The summed E-state index contributed by atoms with van der Waals surface area (Å²) in [5.41, 5.74) is 0.934. The Morgan fingerprint density at radius 3 is 2.36 bits per heavy atom. The van der Waals surface area contributed by atoms with E-state index in [-0.39, 0.29) is 6.10 Å². The summed E-state index contributed by atoms with van der Waals surface area (Å²) in [5.74, 6) is 0. The lowest BCUT2D eigenvalue weighted by molar-refractivity contribution is 0.160. The van der Waals surface area contributed by atoms with Crippen LogP contribution < -0.4 is 0 Å². The predicted molar refractivity (Wildman–Crippen MR) is 61.1 cm³/mol. The van der Waals surface area contributed by atoms with Crippen LogP contribution in [0, 0.1) is 0 Å². The van der Waals surface area contributed by atoms with Crippen molar-refractivity contribution in [3.8, 4) is 0 Å². The highest BCUT2D eigenvalue weighted by Gasteiger charge is 2.07. The van der Waals surface area contributed by atoms with Crippen molar-refractivity contribution in [1.29, 1.82) is 0 Å². The van der Waals surface area contributed by atoms with E-state index in [1.807, 2.05) is 25.1 Å². The van der Waals surface area contributed by atoms with E-state index in [1.54, 1.807) is 0 Å². The van der Waals surface area contributed by atoms with Gasteiger partial charge in [0.05, 0.1) is 6.10 Å². The summed E-state index contributed by atoms with van der Waals surface area (Å²) in [6.07, 6.45) is 1.94. The van der Waals surface area contributed by atoms with Crippen LogP contribution in [0.25, 0.3) is 0 Å². The molecule has 0 heterocycles. The maximum Gasteiger partial charge on any atom is 0.0540 e. The first kappa shape index (κ1) is 11.8. The van der Waals surface area contributed by atoms with Gasteiger partial charge in [-0.1, -0.05) is 36.2 Å². The van der Waals surface area contributed by atoms with Gasteiger partial charge in [-0.2, -0.15) is 0 Å². The molecule has 3 heteroatoms. The molecule has 1 N–H and O–H groups in total. The summed E-state index contributed by atoms with van der Waals surface area (Å²) >= 11 is 12.0. The van der Waals surface area contributed by atoms with E-state index in [2.05, 4.69) is 0 Å². The molecule has 1 unspecified atom stereocenters. The summed E-state index contributed by atoms with van der Waals surface area (Å²) in [6.45, 7) is 1.96. The van der Waals surface area contributed by atoms with Crippen molar-refractivity contribution in [1.82, 2.24) is 0 Å². The highest BCUT2D eigenvalue weighted by Crippen LogP contribution is 2.25. The number of hydrogen-bond acceptors (Lipinski definition) is 1. The van der Waals surface area contributed by atoms with E-state index in [4.69, 9.17) is 23.2 Å². The fraction of sp³-hybridized carbons (Fsp3) is 0.455. The zero-order chi connectivity index (χ0) is 10.6. The van der Waals surface area contributed by atoms with Gasteiger partial charge in [-0.15, -0.1) is 0 Å².